The van der Waals surface area contributed by atoms with Gasteiger partial charge in [0.15, 0.2) is 0 Å². The highest BCUT2D eigenvalue weighted by Gasteiger charge is 2.34. The van der Waals surface area contributed by atoms with Crippen molar-refractivity contribution >= 4 is 38.8 Å². The number of halogens is 3. The summed E-state index contributed by atoms with van der Waals surface area (Å²) in [6.07, 6.45) is -3.29. The van der Waals surface area contributed by atoms with Gasteiger partial charge in [-0.2, -0.15) is 18.3 Å². The number of nitrogens with zero attached hydrogens (tertiary/aromatic N) is 5. The maximum Gasteiger partial charge on any atom is 0.433 e. The van der Waals surface area contributed by atoms with E-state index in [9.17, 15) is 18.0 Å². The molecule has 3 N–H and O–H groups in total. The van der Waals surface area contributed by atoms with E-state index >= 15 is 0 Å². The first-order valence-corrected chi connectivity index (χ1v) is 10.2. The highest BCUT2D eigenvalue weighted by atomic mass is 32.1. The first-order valence-electron chi connectivity index (χ1n) is 9.40. The lowest BCUT2D eigenvalue weighted by atomic mass is 10.1. The van der Waals surface area contributed by atoms with Crippen LogP contribution in [0.25, 0.3) is 10.2 Å². The number of pyridine rings is 1. The molecule has 164 valence electrons. The van der Waals surface area contributed by atoms with E-state index < -0.39 is 11.9 Å². The maximum absolute atomic E-state index is 12.7. The topological polar surface area (TPSA) is 100 Å². The second-order valence-electron chi connectivity index (χ2n) is 7.40. The minimum absolute atomic E-state index is 0.115. The van der Waals surface area contributed by atoms with Gasteiger partial charge >= 0.3 is 6.18 Å². The van der Waals surface area contributed by atoms with Crippen LogP contribution in [-0.2, 0) is 6.18 Å². The molecule has 0 bridgehead atoms. The monoisotopic (exact) mass is 451 g/mol. The normalized spacial score (nSPS) is 15.2. The van der Waals surface area contributed by atoms with Gasteiger partial charge in [-0.3, -0.25) is 4.79 Å². The molecule has 0 radical (unpaired) electrons. The summed E-state index contributed by atoms with van der Waals surface area (Å²) in [5.74, 6) is -0.277. The molecule has 0 saturated carbocycles. The highest BCUT2D eigenvalue weighted by Crippen LogP contribution is 2.35. The first kappa shape index (κ1) is 21.2. The van der Waals surface area contributed by atoms with Gasteiger partial charge in [-0.05, 0) is 31.5 Å². The second kappa shape index (κ2) is 7.61. The van der Waals surface area contributed by atoms with Crippen molar-refractivity contribution in [2.45, 2.75) is 26.1 Å². The Morgan fingerprint density at radius 2 is 2.00 bits per heavy atom. The standard InChI is InChI=1S/C19H20F3N7OS/c1-9-10(2)26-27-18-14(9)15(23)16(31-18)17(30)25-11-7-29(8-11)28(3)12-4-5-13(24-6-12)19(20,21)22/h4-6,11H,7-8,23H2,1-3H3,(H,25,30). The van der Waals surface area contributed by atoms with Gasteiger partial charge in [-0.1, -0.05) is 0 Å². The van der Waals surface area contributed by atoms with Gasteiger partial charge in [0.05, 0.1) is 29.3 Å². The van der Waals surface area contributed by atoms with Gasteiger partial charge in [0.2, 0.25) is 0 Å². The van der Waals surface area contributed by atoms with Crippen LogP contribution in [0.5, 0.6) is 0 Å². The molecule has 0 unspecified atom stereocenters. The average molecular weight is 451 g/mol. The van der Waals surface area contributed by atoms with Gasteiger partial charge in [-0.25, -0.2) is 9.99 Å². The summed E-state index contributed by atoms with van der Waals surface area (Å²) >= 11 is 1.20. The number of amides is 1. The number of thiophene rings is 1. The van der Waals surface area contributed by atoms with Gasteiger partial charge in [0.1, 0.15) is 15.4 Å². The molecule has 0 aromatic carbocycles. The largest absolute Gasteiger partial charge is 0.433 e. The molecule has 3 aromatic heterocycles. The third-order valence-electron chi connectivity index (χ3n) is 5.38. The molecule has 0 spiro atoms. The zero-order valence-electron chi connectivity index (χ0n) is 17.0. The lowest BCUT2D eigenvalue weighted by molar-refractivity contribution is -0.141. The molecule has 4 heterocycles. The van der Waals surface area contributed by atoms with Gasteiger partial charge in [0, 0.05) is 25.5 Å². The zero-order valence-corrected chi connectivity index (χ0v) is 17.8. The molecule has 12 heteroatoms. The molecule has 0 atom stereocenters. The minimum atomic E-state index is -4.47. The molecule has 0 aliphatic carbocycles. The average Bonchev–Trinajstić information content (AvgIpc) is 3.03. The number of nitrogens with one attached hydrogen (secondary N) is 1. The number of carbonyl (C=O) groups is 1. The van der Waals surface area contributed by atoms with E-state index in [1.165, 1.54) is 23.6 Å². The number of fused-ring (bicyclic) bond motifs is 1. The fraction of sp³-hybridized carbons (Fsp3) is 0.368. The third-order valence-corrected chi connectivity index (χ3v) is 6.46. The van der Waals surface area contributed by atoms with E-state index in [1.54, 1.807) is 12.1 Å². The molecule has 31 heavy (non-hydrogen) atoms. The predicted octanol–water partition coefficient (Wildman–Crippen LogP) is 2.77. The summed E-state index contributed by atoms with van der Waals surface area (Å²) < 4.78 is 38.0. The van der Waals surface area contributed by atoms with Crippen LogP contribution in [0, 0.1) is 13.8 Å². The lowest BCUT2D eigenvalue weighted by Crippen LogP contribution is -2.64. The summed E-state index contributed by atoms with van der Waals surface area (Å²) in [4.78, 5) is 17.2. The summed E-state index contributed by atoms with van der Waals surface area (Å²) in [6, 6.07) is 2.20. The predicted molar refractivity (Wildman–Crippen MR) is 112 cm³/mol. The van der Waals surface area contributed by atoms with E-state index in [0.717, 1.165) is 22.7 Å². The van der Waals surface area contributed by atoms with Crippen LogP contribution in [0.3, 0.4) is 0 Å². The van der Waals surface area contributed by atoms with E-state index in [-0.39, 0.29) is 11.9 Å². The van der Waals surface area contributed by atoms with Gasteiger partial charge in [-0.15, -0.1) is 16.4 Å². The van der Waals surface area contributed by atoms with Crippen LogP contribution in [-0.4, -0.2) is 52.3 Å². The molecule has 1 fully saturated rings. The Morgan fingerprint density at radius 1 is 1.29 bits per heavy atom. The van der Waals surface area contributed by atoms with Crippen LogP contribution < -0.4 is 16.1 Å². The molecule has 3 aromatic rings. The Labute approximate surface area is 179 Å². The number of aromatic nitrogens is 3. The van der Waals surface area contributed by atoms with E-state index in [0.29, 0.717) is 34.2 Å². The molecular weight excluding hydrogens is 431 g/mol. The van der Waals surface area contributed by atoms with Crippen molar-refractivity contribution in [2.75, 3.05) is 30.9 Å². The highest BCUT2D eigenvalue weighted by molar-refractivity contribution is 7.21. The molecule has 8 nitrogen and oxygen atoms in total. The quantitative estimate of drug-likeness (QED) is 0.629. The van der Waals surface area contributed by atoms with Gasteiger partial charge < -0.3 is 16.1 Å². The Bertz CT molecular complexity index is 1140. The molecule has 1 amide bonds. The molecular formula is C19H20F3N7OS. The van der Waals surface area contributed by atoms with Crippen molar-refractivity contribution < 1.29 is 18.0 Å². The number of carbonyl (C=O) groups excluding carboxylic acids is 1. The fourth-order valence-corrected chi connectivity index (χ4v) is 4.36. The number of nitrogens with two attached hydrogens (primary N) is 1. The smallest absolute Gasteiger partial charge is 0.397 e. The second-order valence-corrected chi connectivity index (χ2v) is 8.40. The number of hydrogen-bond acceptors (Lipinski definition) is 8. The third kappa shape index (κ3) is 3.88. The number of anilines is 2. The minimum Gasteiger partial charge on any atom is -0.397 e. The van der Waals surface area contributed by atoms with Crippen molar-refractivity contribution in [2.24, 2.45) is 0 Å². The van der Waals surface area contributed by atoms with Crippen molar-refractivity contribution in [1.82, 2.24) is 25.5 Å². The van der Waals surface area contributed by atoms with Crippen LogP contribution in [0.15, 0.2) is 18.3 Å². The van der Waals surface area contributed by atoms with Crippen LogP contribution in [0.4, 0.5) is 24.5 Å². The number of hydrogen-bond donors (Lipinski definition) is 2. The van der Waals surface area contributed by atoms with Gasteiger partial charge in [0.25, 0.3) is 5.91 Å². The van der Waals surface area contributed by atoms with Crippen LogP contribution in [0.1, 0.15) is 26.6 Å². The molecule has 1 aliphatic heterocycles. The summed E-state index contributed by atoms with van der Waals surface area (Å²) in [7, 11) is 1.73. The Morgan fingerprint density at radius 3 is 2.61 bits per heavy atom. The molecule has 1 saturated heterocycles. The van der Waals surface area contributed by atoms with Crippen molar-refractivity contribution in [1.29, 1.82) is 0 Å². The lowest BCUT2D eigenvalue weighted by Gasteiger charge is -2.45. The zero-order chi connectivity index (χ0) is 22.5. The number of rotatable bonds is 4. The van der Waals surface area contributed by atoms with Crippen molar-refractivity contribution in [3.8, 4) is 0 Å². The molecule has 1 aliphatic rings. The Hall–Kier alpha value is -2.99. The summed E-state index contributed by atoms with van der Waals surface area (Å²) in [5.41, 5.74) is 7.87. The van der Waals surface area contributed by atoms with E-state index in [4.69, 9.17) is 5.73 Å². The number of hydrazine groups is 1. The number of alkyl halides is 3. The summed E-state index contributed by atoms with van der Waals surface area (Å²) in [5, 5.41) is 15.5. The maximum atomic E-state index is 12.7. The summed E-state index contributed by atoms with van der Waals surface area (Å²) in [6.45, 7) is 4.75. The van der Waals surface area contributed by atoms with E-state index in [2.05, 4.69) is 20.5 Å². The fourth-order valence-electron chi connectivity index (χ4n) is 3.36. The van der Waals surface area contributed by atoms with E-state index in [1.807, 2.05) is 18.9 Å². The Balaban J connectivity index is 1.39. The van der Waals surface area contributed by atoms with Crippen molar-refractivity contribution in [3.63, 3.8) is 0 Å². The van der Waals surface area contributed by atoms with Crippen LogP contribution in [0.2, 0.25) is 0 Å². The number of nitrogen functional groups attached to an aromatic ring is 1. The number of aryl methyl sites for hydroxylation is 2. The SMILES string of the molecule is Cc1nnc2sc(C(=O)NC3CN(N(C)c4ccc(C(F)(F)F)nc4)C3)c(N)c2c1C. The Kier molecular flexibility index (Phi) is 5.21. The first-order chi connectivity index (χ1) is 14.6. The van der Waals surface area contributed by atoms with Crippen molar-refractivity contribution in [3.05, 3.63) is 40.2 Å². The molecule has 4 rings (SSSR count). The van der Waals surface area contributed by atoms with Crippen LogP contribution >= 0.6 is 11.3 Å².